The highest BCUT2D eigenvalue weighted by Gasteiger charge is 2.21. The zero-order chi connectivity index (χ0) is 9.26. The maximum atomic E-state index is 8.86. The first-order chi connectivity index (χ1) is 6.35. The van der Waals surface area contributed by atoms with Crippen molar-refractivity contribution >= 4 is 0 Å². The van der Waals surface area contributed by atoms with Crippen LogP contribution in [0.15, 0.2) is 18.2 Å². The Labute approximate surface area is 77.8 Å². The minimum atomic E-state index is 0.0981. The van der Waals surface area contributed by atoms with Gasteiger partial charge in [-0.15, -0.1) is 0 Å². The second kappa shape index (κ2) is 3.10. The van der Waals surface area contributed by atoms with Gasteiger partial charge in [-0.1, -0.05) is 6.07 Å². The van der Waals surface area contributed by atoms with Crippen LogP contribution in [-0.2, 0) is 6.42 Å². The number of fused-ring (bicyclic) bond motifs is 1. The SMILES string of the molecule is COc1ccc2c(c1)CC[C@H]2C#N. The zero-order valence-electron chi connectivity index (χ0n) is 7.58. The van der Waals surface area contributed by atoms with Crippen LogP contribution in [-0.4, -0.2) is 7.11 Å². The molecule has 13 heavy (non-hydrogen) atoms. The lowest BCUT2D eigenvalue weighted by Crippen LogP contribution is -1.89. The quantitative estimate of drug-likeness (QED) is 0.652. The molecule has 0 heterocycles. The van der Waals surface area contributed by atoms with Crippen molar-refractivity contribution in [2.75, 3.05) is 7.11 Å². The lowest BCUT2D eigenvalue weighted by molar-refractivity contribution is 0.414. The summed E-state index contributed by atoms with van der Waals surface area (Å²) in [5.41, 5.74) is 2.45. The molecule has 0 spiro atoms. The molecule has 0 amide bonds. The lowest BCUT2D eigenvalue weighted by atomic mass is 10.0. The Hall–Kier alpha value is -1.49. The summed E-state index contributed by atoms with van der Waals surface area (Å²) in [5.74, 6) is 0.984. The van der Waals surface area contributed by atoms with Gasteiger partial charge in [0.25, 0.3) is 0 Å². The van der Waals surface area contributed by atoms with E-state index in [1.807, 2.05) is 18.2 Å². The summed E-state index contributed by atoms with van der Waals surface area (Å²) in [6.45, 7) is 0. The summed E-state index contributed by atoms with van der Waals surface area (Å²) in [6, 6.07) is 8.29. The Morgan fingerprint density at radius 1 is 1.54 bits per heavy atom. The molecule has 66 valence electrons. The van der Waals surface area contributed by atoms with Crippen LogP contribution in [0.3, 0.4) is 0 Å². The maximum Gasteiger partial charge on any atom is 0.119 e. The number of nitrogens with zero attached hydrogens (tertiary/aromatic N) is 1. The first-order valence-corrected chi connectivity index (χ1v) is 4.41. The molecule has 1 aromatic carbocycles. The Kier molecular flexibility index (Phi) is 1.94. The van der Waals surface area contributed by atoms with Gasteiger partial charge in [0.15, 0.2) is 0 Å². The van der Waals surface area contributed by atoms with Crippen LogP contribution in [0.25, 0.3) is 0 Å². The van der Waals surface area contributed by atoms with E-state index >= 15 is 0 Å². The van der Waals surface area contributed by atoms with Crippen molar-refractivity contribution in [3.63, 3.8) is 0 Å². The fourth-order valence-corrected chi connectivity index (χ4v) is 1.85. The second-order valence-corrected chi connectivity index (χ2v) is 3.29. The highest BCUT2D eigenvalue weighted by molar-refractivity contribution is 5.43. The van der Waals surface area contributed by atoms with Crippen molar-refractivity contribution in [2.24, 2.45) is 0 Å². The molecule has 0 fully saturated rings. The molecule has 0 saturated carbocycles. The van der Waals surface area contributed by atoms with Crippen molar-refractivity contribution in [3.8, 4) is 11.8 Å². The Morgan fingerprint density at radius 2 is 2.38 bits per heavy atom. The predicted octanol–water partition coefficient (Wildman–Crippen LogP) is 2.25. The second-order valence-electron chi connectivity index (χ2n) is 3.29. The third kappa shape index (κ3) is 1.27. The summed E-state index contributed by atoms with van der Waals surface area (Å²) < 4.78 is 5.13. The summed E-state index contributed by atoms with van der Waals surface area (Å²) in [7, 11) is 1.67. The van der Waals surface area contributed by atoms with Gasteiger partial charge in [0.05, 0.1) is 19.1 Å². The van der Waals surface area contributed by atoms with Crippen LogP contribution in [0.4, 0.5) is 0 Å². The molecule has 1 aromatic rings. The number of methoxy groups -OCH3 is 1. The molecule has 2 rings (SSSR count). The zero-order valence-corrected chi connectivity index (χ0v) is 7.58. The van der Waals surface area contributed by atoms with Gasteiger partial charge in [-0.3, -0.25) is 0 Å². The highest BCUT2D eigenvalue weighted by atomic mass is 16.5. The Bertz CT molecular complexity index is 365. The minimum Gasteiger partial charge on any atom is -0.497 e. The van der Waals surface area contributed by atoms with Crippen molar-refractivity contribution in [1.29, 1.82) is 5.26 Å². The molecule has 1 aliphatic rings. The normalized spacial score (nSPS) is 19.2. The van der Waals surface area contributed by atoms with E-state index < -0.39 is 0 Å². The molecular formula is C11H11NO. The molecule has 0 bridgehead atoms. The molecule has 0 radical (unpaired) electrons. The van der Waals surface area contributed by atoms with Crippen LogP contribution in [0.5, 0.6) is 5.75 Å². The van der Waals surface area contributed by atoms with Gasteiger partial charge in [-0.25, -0.2) is 0 Å². The van der Waals surface area contributed by atoms with E-state index in [-0.39, 0.29) is 5.92 Å². The fourth-order valence-electron chi connectivity index (χ4n) is 1.85. The number of ether oxygens (including phenoxy) is 1. The predicted molar refractivity (Wildman–Crippen MR) is 49.7 cm³/mol. The molecular weight excluding hydrogens is 162 g/mol. The van der Waals surface area contributed by atoms with Gasteiger partial charge in [-0.2, -0.15) is 5.26 Å². The molecule has 0 saturated heterocycles. The molecule has 1 aliphatic carbocycles. The van der Waals surface area contributed by atoms with Gasteiger partial charge in [0.1, 0.15) is 5.75 Å². The number of hydrogen-bond acceptors (Lipinski definition) is 2. The van der Waals surface area contributed by atoms with Crippen LogP contribution in [0.2, 0.25) is 0 Å². The fraction of sp³-hybridized carbons (Fsp3) is 0.364. The number of rotatable bonds is 1. The average molecular weight is 173 g/mol. The van der Waals surface area contributed by atoms with Gasteiger partial charge in [0, 0.05) is 0 Å². The summed E-state index contributed by atoms with van der Waals surface area (Å²) in [4.78, 5) is 0. The summed E-state index contributed by atoms with van der Waals surface area (Å²) in [5, 5.41) is 8.86. The molecule has 0 aliphatic heterocycles. The molecule has 2 heteroatoms. The first-order valence-electron chi connectivity index (χ1n) is 4.41. The molecule has 2 nitrogen and oxygen atoms in total. The van der Waals surface area contributed by atoms with E-state index in [2.05, 4.69) is 6.07 Å². The molecule has 0 aromatic heterocycles. The number of nitriles is 1. The van der Waals surface area contributed by atoms with Crippen molar-refractivity contribution in [1.82, 2.24) is 0 Å². The first kappa shape index (κ1) is 8.12. The van der Waals surface area contributed by atoms with Crippen molar-refractivity contribution < 1.29 is 4.74 Å². The standard InChI is InChI=1S/C11H11NO/c1-13-10-4-5-11-8(6-10)2-3-9(11)7-12/h4-6,9H,2-3H2,1H3/t9-/m0/s1. The van der Waals surface area contributed by atoms with Gasteiger partial charge >= 0.3 is 0 Å². The largest absolute Gasteiger partial charge is 0.497 e. The average Bonchev–Trinajstić information content (AvgIpc) is 2.59. The van der Waals surface area contributed by atoms with Crippen LogP contribution in [0, 0.1) is 11.3 Å². The van der Waals surface area contributed by atoms with E-state index in [9.17, 15) is 0 Å². The third-order valence-corrected chi connectivity index (χ3v) is 2.58. The number of benzene rings is 1. The number of hydrogen-bond donors (Lipinski definition) is 0. The Balaban J connectivity index is 2.41. The highest BCUT2D eigenvalue weighted by Crippen LogP contribution is 2.34. The van der Waals surface area contributed by atoms with E-state index in [1.165, 1.54) is 11.1 Å². The van der Waals surface area contributed by atoms with Gasteiger partial charge in [0.2, 0.25) is 0 Å². The summed E-state index contributed by atoms with van der Waals surface area (Å²) in [6.07, 6.45) is 1.96. The van der Waals surface area contributed by atoms with E-state index in [1.54, 1.807) is 7.11 Å². The van der Waals surface area contributed by atoms with Crippen LogP contribution < -0.4 is 4.74 Å². The third-order valence-electron chi connectivity index (χ3n) is 2.58. The smallest absolute Gasteiger partial charge is 0.119 e. The number of aryl methyl sites for hydroxylation is 1. The topological polar surface area (TPSA) is 33.0 Å². The summed E-state index contributed by atoms with van der Waals surface area (Å²) >= 11 is 0. The molecule has 0 unspecified atom stereocenters. The molecule has 0 N–H and O–H groups in total. The van der Waals surface area contributed by atoms with Gasteiger partial charge in [-0.05, 0) is 36.1 Å². The van der Waals surface area contributed by atoms with Crippen LogP contribution >= 0.6 is 0 Å². The van der Waals surface area contributed by atoms with E-state index in [0.717, 1.165) is 18.6 Å². The monoisotopic (exact) mass is 173 g/mol. The van der Waals surface area contributed by atoms with E-state index in [4.69, 9.17) is 10.00 Å². The maximum absolute atomic E-state index is 8.86. The van der Waals surface area contributed by atoms with E-state index in [0.29, 0.717) is 0 Å². The van der Waals surface area contributed by atoms with Crippen molar-refractivity contribution in [3.05, 3.63) is 29.3 Å². The van der Waals surface area contributed by atoms with Crippen molar-refractivity contribution in [2.45, 2.75) is 18.8 Å². The van der Waals surface area contributed by atoms with Crippen LogP contribution in [0.1, 0.15) is 23.5 Å². The lowest BCUT2D eigenvalue weighted by Gasteiger charge is -2.04. The Morgan fingerprint density at radius 3 is 3.08 bits per heavy atom. The molecule has 1 atom stereocenters. The minimum absolute atomic E-state index is 0.0981. The van der Waals surface area contributed by atoms with Gasteiger partial charge < -0.3 is 4.74 Å².